The molecule has 180 valence electrons. The molecule has 32 heavy (non-hydrogen) atoms. The first-order valence-corrected chi connectivity index (χ1v) is 12.8. The van der Waals surface area contributed by atoms with E-state index < -0.39 is 23.2 Å². The number of hydrogen-bond donors (Lipinski definition) is 3. The topological polar surface area (TPSA) is 77.8 Å². The molecular weight excluding hydrogens is 400 g/mol. The monoisotopic (exact) mass is 444 g/mol. The Hall–Kier alpha value is -0.970. The van der Waals surface area contributed by atoms with Crippen LogP contribution in [0.1, 0.15) is 80.1 Å². The van der Waals surface area contributed by atoms with E-state index in [1.807, 2.05) is 13.0 Å². The zero-order valence-electron chi connectivity index (χ0n) is 20.8. The largest absolute Gasteiger partial charge is 0.393 e. The van der Waals surface area contributed by atoms with Crippen LogP contribution in [0.4, 0.5) is 0 Å². The van der Waals surface area contributed by atoms with Crippen LogP contribution in [0, 0.1) is 46.3 Å². The highest BCUT2D eigenvalue weighted by Crippen LogP contribution is 2.67. The third-order valence-electron chi connectivity index (χ3n) is 10.6. The molecule has 0 bridgehead atoms. The minimum atomic E-state index is -1.01. The van der Waals surface area contributed by atoms with Gasteiger partial charge in [0.2, 0.25) is 0 Å². The lowest BCUT2D eigenvalue weighted by atomic mass is 9.46. The van der Waals surface area contributed by atoms with Crippen LogP contribution in [0.2, 0.25) is 0 Å². The minimum Gasteiger partial charge on any atom is -0.393 e. The maximum Gasteiger partial charge on any atom is 0.178 e. The Morgan fingerprint density at radius 3 is 2.50 bits per heavy atom. The van der Waals surface area contributed by atoms with Crippen molar-refractivity contribution in [2.24, 2.45) is 46.3 Å². The predicted octanol–water partition coefficient (Wildman–Crippen LogP) is 4.68. The predicted molar refractivity (Wildman–Crippen MR) is 127 cm³/mol. The Balaban J connectivity index is 1.63. The van der Waals surface area contributed by atoms with Crippen molar-refractivity contribution in [1.29, 1.82) is 0 Å². The van der Waals surface area contributed by atoms with Gasteiger partial charge in [0.05, 0.1) is 17.8 Å². The second kappa shape index (κ2) is 8.06. The van der Waals surface area contributed by atoms with Gasteiger partial charge in [-0.15, -0.1) is 0 Å². The Morgan fingerprint density at radius 2 is 1.84 bits per heavy atom. The molecule has 0 aliphatic heterocycles. The van der Waals surface area contributed by atoms with Gasteiger partial charge in [-0.1, -0.05) is 46.3 Å². The van der Waals surface area contributed by atoms with Crippen molar-refractivity contribution in [3.63, 3.8) is 0 Å². The molecule has 0 aromatic carbocycles. The normalized spacial score (nSPS) is 46.2. The van der Waals surface area contributed by atoms with Crippen LogP contribution in [0.25, 0.3) is 0 Å². The fourth-order valence-corrected chi connectivity index (χ4v) is 8.28. The van der Waals surface area contributed by atoms with Gasteiger partial charge in [-0.3, -0.25) is 4.79 Å². The van der Waals surface area contributed by atoms with Crippen molar-refractivity contribution in [1.82, 2.24) is 0 Å². The van der Waals surface area contributed by atoms with Gasteiger partial charge in [-0.2, -0.15) is 0 Å². The van der Waals surface area contributed by atoms with Gasteiger partial charge in [-0.25, -0.2) is 0 Å². The molecule has 4 aliphatic rings. The minimum absolute atomic E-state index is 0.0696. The molecule has 4 rings (SSSR count). The van der Waals surface area contributed by atoms with E-state index in [1.165, 1.54) is 5.57 Å². The fraction of sp³-hybridized carbons (Fsp3) is 0.821. The number of aliphatic hydroxyl groups excluding tert-OH is 2. The molecule has 0 saturated heterocycles. The number of carbonyl (C=O) groups excluding carboxylic acids is 1. The van der Waals surface area contributed by atoms with E-state index in [1.54, 1.807) is 6.08 Å². The molecule has 0 heterocycles. The summed E-state index contributed by atoms with van der Waals surface area (Å²) in [4.78, 5) is 12.0. The van der Waals surface area contributed by atoms with E-state index in [9.17, 15) is 20.1 Å². The zero-order valence-corrected chi connectivity index (χ0v) is 20.8. The molecule has 10 atom stereocenters. The van der Waals surface area contributed by atoms with Gasteiger partial charge < -0.3 is 15.3 Å². The Kier molecular flexibility index (Phi) is 6.09. The molecule has 4 nitrogen and oxygen atoms in total. The summed E-state index contributed by atoms with van der Waals surface area (Å²) >= 11 is 0. The molecule has 0 aromatic rings. The molecule has 3 N–H and O–H groups in total. The summed E-state index contributed by atoms with van der Waals surface area (Å²) in [6.07, 6.45) is 9.16. The number of fused-ring (bicyclic) bond motifs is 5. The van der Waals surface area contributed by atoms with Crippen molar-refractivity contribution in [3.8, 4) is 0 Å². The number of hydrogen-bond acceptors (Lipinski definition) is 4. The highest BCUT2D eigenvalue weighted by Gasteiger charge is 2.67. The van der Waals surface area contributed by atoms with E-state index in [-0.39, 0.29) is 29.0 Å². The van der Waals surface area contributed by atoms with Gasteiger partial charge in [0, 0.05) is 16.7 Å². The van der Waals surface area contributed by atoms with Crippen LogP contribution in [-0.2, 0) is 4.79 Å². The lowest BCUT2D eigenvalue weighted by molar-refractivity contribution is -0.173. The fourth-order valence-electron chi connectivity index (χ4n) is 8.28. The van der Waals surface area contributed by atoms with E-state index in [4.69, 9.17) is 0 Å². The molecule has 0 radical (unpaired) electrons. The number of allylic oxidation sites excluding steroid dienone is 4. The molecule has 0 amide bonds. The van der Waals surface area contributed by atoms with Gasteiger partial charge in [0.25, 0.3) is 0 Å². The summed E-state index contributed by atoms with van der Waals surface area (Å²) in [5.41, 5.74) is -0.513. The summed E-state index contributed by atoms with van der Waals surface area (Å²) in [5, 5.41) is 34.6. The Bertz CT molecular complexity index is 810. The quantitative estimate of drug-likeness (QED) is 0.576. The number of ketones is 1. The number of aliphatic hydroxyl groups is 3. The highest BCUT2D eigenvalue weighted by molar-refractivity contribution is 6.01. The second-order valence-electron chi connectivity index (χ2n) is 12.6. The summed E-state index contributed by atoms with van der Waals surface area (Å²) in [7, 11) is 0. The standard InChI is InChI=1S/C28H44O4/c1-16(2)17(3)9-12-27(5,32)25-23(30)14-22-20-8-7-18-13-19(29)10-11-26(18,4)21(20)15-24(31)28(22,25)6/h10-11,13,16-17,20-25,30-32H,7-9,12,14-15H2,1-6H3. The maximum absolute atomic E-state index is 12.0. The smallest absolute Gasteiger partial charge is 0.178 e. The third-order valence-corrected chi connectivity index (χ3v) is 10.6. The molecule has 0 aromatic heterocycles. The molecule has 10 unspecified atom stereocenters. The van der Waals surface area contributed by atoms with Crippen molar-refractivity contribution >= 4 is 5.78 Å². The SMILES string of the molecule is CC(C)C(C)CCC(C)(O)C1C(O)CC2C3CCC4=CC(=O)C=CC4(C)C3CC(O)C21C. The third kappa shape index (κ3) is 3.56. The lowest BCUT2D eigenvalue weighted by Gasteiger charge is -2.59. The van der Waals surface area contributed by atoms with Crippen molar-refractivity contribution < 1.29 is 20.1 Å². The van der Waals surface area contributed by atoms with Crippen LogP contribution >= 0.6 is 0 Å². The van der Waals surface area contributed by atoms with Crippen molar-refractivity contribution in [2.75, 3.05) is 0 Å². The van der Waals surface area contributed by atoms with Crippen LogP contribution in [0.15, 0.2) is 23.8 Å². The molecular formula is C28H44O4. The lowest BCUT2D eigenvalue weighted by Crippen LogP contribution is -2.59. The van der Waals surface area contributed by atoms with Crippen LogP contribution in [0.5, 0.6) is 0 Å². The Labute approximate surface area is 194 Å². The average molecular weight is 445 g/mol. The zero-order chi connectivity index (χ0) is 23.6. The van der Waals surface area contributed by atoms with Crippen molar-refractivity contribution in [2.45, 2.75) is 97.9 Å². The maximum atomic E-state index is 12.0. The second-order valence-corrected chi connectivity index (χ2v) is 12.6. The Morgan fingerprint density at radius 1 is 1.16 bits per heavy atom. The molecule has 0 spiro atoms. The highest BCUT2D eigenvalue weighted by atomic mass is 16.3. The van der Waals surface area contributed by atoms with Gasteiger partial charge in [-0.05, 0) is 87.2 Å². The molecule has 3 fully saturated rings. The van der Waals surface area contributed by atoms with E-state index in [0.717, 1.165) is 19.3 Å². The summed E-state index contributed by atoms with van der Waals surface area (Å²) in [5.74, 6) is 1.63. The number of rotatable bonds is 5. The van der Waals surface area contributed by atoms with E-state index in [0.29, 0.717) is 37.0 Å². The van der Waals surface area contributed by atoms with E-state index in [2.05, 4.69) is 40.7 Å². The van der Waals surface area contributed by atoms with E-state index >= 15 is 0 Å². The average Bonchev–Trinajstić information content (AvgIpc) is 3.00. The number of carbonyl (C=O) groups is 1. The van der Waals surface area contributed by atoms with Crippen LogP contribution in [-0.4, -0.2) is 38.9 Å². The van der Waals surface area contributed by atoms with Gasteiger partial charge in [0.15, 0.2) is 5.78 Å². The summed E-state index contributed by atoms with van der Waals surface area (Å²) < 4.78 is 0. The van der Waals surface area contributed by atoms with Crippen molar-refractivity contribution in [3.05, 3.63) is 23.8 Å². The summed E-state index contributed by atoms with van der Waals surface area (Å²) in [6, 6.07) is 0. The summed E-state index contributed by atoms with van der Waals surface area (Å²) in [6.45, 7) is 12.9. The van der Waals surface area contributed by atoms with Gasteiger partial charge in [0.1, 0.15) is 0 Å². The molecule has 3 saturated carbocycles. The first-order valence-electron chi connectivity index (χ1n) is 12.8. The first-order chi connectivity index (χ1) is 14.8. The van der Waals surface area contributed by atoms with Crippen LogP contribution < -0.4 is 0 Å². The molecule has 4 heteroatoms. The van der Waals surface area contributed by atoms with Gasteiger partial charge >= 0.3 is 0 Å². The molecule has 4 aliphatic carbocycles. The first kappa shape index (κ1) is 24.2. The van der Waals surface area contributed by atoms with Crippen LogP contribution in [0.3, 0.4) is 0 Å².